The van der Waals surface area contributed by atoms with E-state index in [-0.39, 0.29) is 89.1 Å². The van der Waals surface area contributed by atoms with Gasteiger partial charge in [0.15, 0.2) is 12.1 Å². The molecule has 0 bridgehead atoms. The number of methoxy groups -OCH3 is 2. The number of aliphatic hydroxyl groups excluding tert-OH is 1. The fourth-order valence-corrected chi connectivity index (χ4v) is 7.67. The van der Waals surface area contributed by atoms with Gasteiger partial charge in [0.05, 0.1) is 49.2 Å². The average Bonchev–Trinajstić information content (AvgIpc) is 3.21. The molecule has 2 amide bonds. The van der Waals surface area contributed by atoms with Gasteiger partial charge in [0, 0.05) is 68.5 Å². The van der Waals surface area contributed by atoms with Crippen molar-refractivity contribution in [1.29, 1.82) is 0 Å². The second-order valence-corrected chi connectivity index (χ2v) is 14.1. The van der Waals surface area contributed by atoms with Crippen molar-refractivity contribution >= 4 is 23.4 Å². The van der Waals surface area contributed by atoms with Gasteiger partial charge in [-0.25, -0.2) is 0 Å². The van der Waals surface area contributed by atoms with Gasteiger partial charge < -0.3 is 56.0 Å². The molecular formula is C39H55N5O11. The lowest BCUT2D eigenvalue weighted by Gasteiger charge is -2.43. The van der Waals surface area contributed by atoms with Crippen LogP contribution in [-0.2, 0) is 36.6 Å². The molecule has 2 saturated heterocycles. The molecule has 0 spiro atoms. The Morgan fingerprint density at radius 1 is 0.927 bits per heavy atom. The summed E-state index contributed by atoms with van der Waals surface area (Å²) in [5.41, 5.74) is 5.66. The Kier molecular flexibility index (Phi) is 15.0. The first-order chi connectivity index (χ1) is 26.5. The molecule has 2 aromatic rings. The molecule has 4 aliphatic rings. The van der Waals surface area contributed by atoms with Gasteiger partial charge >= 0.3 is 0 Å². The first kappa shape index (κ1) is 42.0. The van der Waals surface area contributed by atoms with Gasteiger partial charge in [0.1, 0.15) is 17.2 Å². The number of amides is 2. The van der Waals surface area contributed by atoms with Crippen LogP contribution < -0.4 is 26.4 Å². The molecule has 2 heterocycles. The zero-order chi connectivity index (χ0) is 39.6. The fraction of sp³-hybridized carbons (Fsp3) is 0.590. The number of nitrogens with one attached hydrogen (secondary N) is 3. The van der Waals surface area contributed by atoms with E-state index >= 15 is 0 Å². The van der Waals surface area contributed by atoms with E-state index in [1.165, 1.54) is 13.2 Å². The second-order valence-electron chi connectivity index (χ2n) is 14.1. The summed E-state index contributed by atoms with van der Waals surface area (Å²) in [5, 5.41) is 41.2. The van der Waals surface area contributed by atoms with Gasteiger partial charge in [-0.3, -0.25) is 24.1 Å². The van der Waals surface area contributed by atoms with E-state index in [1.807, 2.05) is 6.92 Å². The maximum Gasteiger partial charge on any atom is 0.233 e. The Labute approximate surface area is 321 Å². The largest absolute Gasteiger partial charge is 0.507 e. The Hall–Kier alpha value is -4.16. The molecule has 5 atom stereocenters. The highest BCUT2D eigenvalue weighted by Gasteiger charge is 2.41. The van der Waals surface area contributed by atoms with Gasteiger partial charge in [-0.2, -0.15) is 0 Å². The monoisotopic (exact) mass is 769 g/mol. The summed E-state index contributed by atoms with van der Waals surface area (Å²) in [4.78, 5) is 52.9. The molecule has 2 aliphatic carbocycles. The zero-order valence-electron chi connectivity index (χ0n) is 31.9. The summed E-state index contributed by atoms with van der Waals surface area (Å²) >= 11 is 0. The maximum absolute atomic E-state index is 13.4. The molecule has 6 rings (SSSR count). The van der Waals surface area contributed by atoms with Crippen LogP contribution in [0.2, 0.25) is 0 Å². The molecule has 0 aromatic heterocycles. The number of carbonyl (C=O) groups excluding carboxylic acids is 4. The average molecular weight is 770 g/mol. The van der Waals surface area contributed by atoms with E-state index < -0.39 is 23.6 Å². The van der Waals surface area contributed by atoms with E-state index in [0.717, 1.165) is 39.1 Å². The quantitative estimate of drug-likeness (QED) is 0.0921. The predicted molar refractivity (Wildman–Crippen MR) is 200 cm³/mol. The molecule has 2 fully saturated rings. The Bertz CT molecular complexity index is 1700. The normalized spacial score (nSPS) is 23.4. The van der Waals surface area contributed by atoms with Crippen LogP contribution in [0.5, 0.6) is 17.2 Å². The number of phenols is 2. The van der Waals surface area contributed by atoms with E-state index in [4.69, 9.17) is 24.7 Å². The van der Waals surface area contributed by atoms with Crippen LogP contribution in [0.4, 0.5) is 0 Å². The lowest BCUT2D eigenvalue weighted by atomic mass is 9.75. The zero-order valence-corrected chi connectivity index (χ0v) is 31.9. The minimum atomic E-state index is -0.582. The molecule has 55 heavy (non-hydrogen) atoms. The van der Waals surface area contributed by atoms with E-state index in [1.54, 1.807) is 19.2 Å². The van der Waals surface area contributed by atoms with E-state index in [2.05, 4.69) is 20.9 Å². The summed E-state index contributed by atoms with van der Waals surface area (Å²) in [6, 6.07) is 4.81. The van der Waals surface area contributed by atoms with Crippen molar-refractivity contribution in [2.45, 2.75) is 70.0 Å². The second kappa shape index (κ2) is 19.6. The number of morpholine rings is 1. The number of ether oxygens (including phenoxy) is 4. The smallest absolute Gasteiger partial charge is 0.233 e. The summed E-state index contributed by atoms with van der Waals surface area (Å²) < 4.78 is 21.3. The molecular weight excluding hydrogens is 714 g/mol. The first-order valence-electron chi connectivity index (χ1n) is 19.0. The van der Waals surface area contributed by atoms with Crippen LogP contribution in [0.1, 0.15) is 75.6 Å². The number of nitrogens with two attached hydrogens (primary N) is 1. The molecule has 302 valence electrons. The van der Waals surface area contributed by atoms with Crippen molar-refractivity contribution in [3.63, 3.8) is 0 Å². The van der Waals surface area contributed by atoms with Crippen molar-refractivity contribution in [2.24, 2.45) is 11.7 Å². The minimum absolute atomic E-state index is 0.0232. The van der Waals surface area contributed by atoms with Crippen LogP contribution in [0, 0.1) is 5.92 Å². The lowest BCUT2D eigenvalue weighted by molar-refractivity contribution is -0.190. The standard InChI is InChI=1S/C28H34N4O7.C11H21NO4/c1-39-19-6-2-5-17-21(19)27(37)23-22(25(17)35)26(36)18-13-15(7-8-16(18)24(23)34)28(38)32-12-4-10-30-9-3-11-31-20(33)14-29;1-8-11(13)9(3-5-15-8)12-4-6-16-10(7-12)14-2/h2,5-6,15,30,34,36H,3-4,7-14,29H2,1H3,(H,31,33)(H,32,38);8-11,13H,3-7H2,1-2H3. The first-order valence-corrected chi connectivity index (χ1v) is 19.0. The Morgan fingerprint density at radius 3 is 2.35 bits per heavy atom. The molecule has 2 aliphatic heterocycles. The molecule has 5 unspecified atom stereocenters. The number of ketones is 2. The van der Waals surface area contributed by atoms with Gasteiger partial charge in [0.2, 0.25) is 17.6 Å². The number of aromatic hydroxyl groups is 2. The summed E-state index contributed by atoms with van der Waals surface area (Å²) in [6.45, 7) is 7.30. The van der Waals surface area contributed by atoms with Crippen molar-refractivity contribution in [1.82, 2.24) is 20.9 Å². The van der Waals surface area contributed by atoms with Crippen LogP contribution >= 0.6 is 0 Å². The van der Waals surface area contributed by atoms with Crippen molar-refractivity contribution in [3.05, 3.63) is 51.6 Å². The molecule has 0 radical (unpaired) electrons. The molecule has 16 nitrogen and oxygen atoms in total. The number of phenolic OH excluding ortho intramolecular Hbond substituents is 2. The van der Waals surface area contributed by atoms with Crippen molar-refractivity contribution in [2.75, 3.05) is 73.2 Å². The van der Waals surface area contributed by atoms with Gasteiger partial charge in [0.25, 0.3) is 0 Å². The summed E-state index contributed by atoms with van der Waals surface area (Å²) in [5.74, 6) is -2.40. The number of hydrogen-bond acceptors (Lipinski definition) is 14. The number of benzene rings is 2. The number of carbonyl (C=O) groups is 4. The minimum Gasteiger partial charge on any atom is -0.507 e. The number of aliphatic hydroxyl groups is 1. The molecule has 2 aromatic carbocycles. The Morgan fingerprint density at radius 2 is 1.64 bits per heavy atom. The summed E-state index contributed by atoms with van der Waals surface area (Å²) in [6.07, 6.45) is 2.55. The highest BCUT2D eigenvalue weighted by Crippen LogP contribution is 2.47. The lowest BCUT2D eigenvalue weighted by Crippen LogP contribution is -2.57. The predicted octanol–water partition coefficient (Wildman–Crippen LogP) is 0.377. The fourth-order valence-electron chi connectivity index (χ4n) is 7.67. The number of nitrogens with zero attached hydrogens (tertiary/aromatic N) is 1. The molecule has 0 saturated carbocycles. The van der Waals surface area contributed by atoms with Crippen LogP contribution in [0.25, 0.3) is 0 Å². The van der Waals surface area contributed by atoms with Gasteiger partial charge in [-0.05, 0) is 64.6 Å². The third-order valence-corrected chi connectivity index (χ3v) is 10.7. The SMILES string of the molecule is COC1CN(C2CCOC(C)C2O)CCO1.COc1cccc2c1C(=O)c1c(O)c3c(c(O)c1C2=O)CC(C(=O)NCCCNCCCNC(=O)CN)CC3. The number of hydrogen-bond donors (Lipinski definition) is 7. The van der Waals surface area contributed by atoms with Crippen LogP contribution in [-0.4, -0.2) is 141 Å². The van der Waals surface area contributed by atoms with Crippen LogP contribution in [0.3, 0.4) is 0 Å². The number of fused-ring (bicyclic) bond motifs is 3. The summed E-state index contributed by atoms with van der Waals surface area (Å²) in [7, 11) is 3.04. The van der Waals surface area contributed by atoms with Crippen LogP contribution in [0.15, 0.2) is 18.2 Å². The maximum atomic E-state index is 13.4. The van der Waals surface area contributed by atoms with Gasteiger partial charge in [-0.15, -0.1) is 0 Å². The third-order valence-electron chi connectivity index (χ3n) is 10.7. The van der Waals surface area contributed by atoms with Crippen molar-refractivity contribution < 1.29 is 53.4 Å². The third kappa shape index (κ3) is 9.63. The topological polar surface area (TPSA) is 231 Å². The molecule has 16 heteroatoms. The van der Waals surface area contributed by atoms with E-state index in [9.17, 15) is 34.5 Å². The number of rotatable bonds is 13. The highest BCUT2D eigenvalue weighted by molar-refractivity contribution is 6.31. The van der Waals surface area contributed by atoms with Gasteiger partial charge in [-0.1, -0.05) is 12.1 Å². The van der Waals surface area contributed by atoms with Crippen molar-refractivity contribution in [3.8, 4) is 17.2 Å². The molecule has 8 N–H and O–H groups in total. The van der Waals surface area contributed by atoms with E-state index in [0.29, 0.717) is 50.2 Å². The Balaban J connectivity index is 0.000000301. The highest BCUT2D eigenvalue weighted by atomic mass is 16.7.